The van der Waals surface area contributed by atoms with Crippen LogP contribution in [0.25, 0.3) is 0 Å². The standard InChI is InChI=1S/C10H20S/c1-9-4-2-3-5-10(8-9)6-7-11/h9-11H,2-8H2,1H3. The lowest BCUT2D eigenvalue weighted by molar-refractivity contribution is 0.389. The summed E-state index contributed by atoms with van der Waals surface area (Å²) in [5.74, 6) is 3.05. The molecule has 0 amide bonds. The quantitative estimate of drug-likeness (QED) is 0.478. The summed E-state index contributed by atoms with van der Waals surface area (Å²) in [6.07, 6.45) is 8.65. The Bertz CT molecular complexity index is 101. The molecule has 1 aliphatic carbocycles. The summed E-state index contributed by atoms with van der Waals surface area (Å²) in [5, 5.41) is 0. The van der Waals surface area contributed by atoms with E-state index in [0.29, 0.717) is 0 Å². The lowest BCUT2D eigenvalue weighted by Crippen LogP contribution is -2.03. The monoisotopic (exact) mass is 172 g/mol. The Hall–Kier alpha value is 0.350. The summed E-state index contributed by atoms with van der Waals surface area (Å²) < 4.78 is 0. The Kier molecular flexibility index (Phi) is 4.36. The Labute approximate surface area is 76.2 Å². The van der Waals surface area contributed by atoms with Gasteiger partial charge < -0.3 is 0 Å². The molecule has 0 aromatic rings. The number of hydrogen-bond donors (Lipinski definition) is 1. The summed E-state index contributed by atoms with van der Waals surface area (Å²) in [5.41, 5.74) is 0. The van der Waals surface area contributed by atoms with Crippen molar-refractivity contribution < 1.29 is 0 Å². The van der Waals surface area contributed by atoms with Gasteiger partial charge in [0.1, 0.15) is 0 Å². The molecular weight excluding hydrogens is 152 g/mol. The first-order chi connectivity index (χ1) is 5.33. The largest absolute Gasteiger partial charge is 0.179 e. The van der Waals surface area contributed by atoms with Gasteiger partial charge in [0, 0.05) is 0 Å². The molecule has 0 aliphatic heterocycles. The van der Waals surface area contributed by atoms with Crippen molar-refractivity contribution in [1.29, 1.82) is 0 Å². The van der Waals surface area contributed by atoms with Crippen LogP contribution in [0.5, 0.6) is 0 Å². The van der Waals surface area contributed by atoms with Crippen LogP contribution >= 0.6 is 12.6 Å². The zero-order valence-corrected chi connectivity index (χ0v) is 8.45. The van der Waals surface area contributed by atoms with Gasteiger partial charge in [0.2, 0.25) is 0 Å². The minimum absolute atomic E-state index is 0.974. The summed E-state index contributed by atoms with van der Waals surface area (Å²) in [7, 11) is 0. The van der Waals surface area contributed by atoms with Crippen LogP contribution in [0.3, 0.4) is 0 Å². The molecule has 66 valence electrons. The fraction of sp³-hybridized carbons (Fsp3) is 1.00. The van der Waals surface area contributed by atoms with Gasteiger partial charge in [0.25, 0.3) is 0 Å². The number of rotatable bonds is 2. The molecule has 2 atom stereocenters. The van der Waals surface area contributed by atoms with Crippen molar-refractivity contribution in [1.82, 2.24) is 0 Å². The van der Waals surface area contributed by atoms with Crippen molar-refractivity contribution >= 4 is 12.6 Å². The molecule has 0 radical (unpaired) electrons. The molecule has 0 bridgehead atoms. The minimum atomic E-state index is 0.974. The molecule has 1 fully saturated rings. The smallest absolute Gasteiger partial charge is 0.00953 e. The lowest BCUT2D eigenvalue weighted by atomic mass is 9.93. The molecule has 1 rings (SSSR count). The highest BCUT2D eigenvalue weighted by Crippen LogP contribution is 2.29. The predicted octanol–water partition coefficient (Wildman–Crippen LogP) is 3.52. The van der Waals surface area contributed by atoms with Crippen LogP contribution in [0.15, 0.2) is 0 Å². The maximum absolute atomic E-state index is 4.30. The van der Waals surface area contributed by atoms with Crippen LogP contribution in [0.2, 0.25) is 0 Å². The highest BCUT2D eigenvalue weighted by atomic mass is 32.1. The van der Waals surface area contributed by atoms with Crippen LogP contribution in [0, 0.1) is 11.8 Å². The second-order valence-corrected chi connectivity index (χ2v) is 4.45. The zero-order chi connectivity index (χ0) is 8.10. The summed E-state index contributed by atoms with van der Waals surface area (Å²) in [6, 6.07) is 0. The SMILES string of the molecule is CC1CCCCC(CCS)C1. The molecule has 0 heterocycles. The van der Waals surface area contributed by atoms with Crippen molar-refractivity contribution in [2.24, 2.45) is 11.8 Å². The van der Waals surface area contributed by atoms with Gasteiger partial charge >= 0.3 is 0 Å². The first-order valence-electron chi connectivity index (χ1n) is 4.93. The fourth-order valence-electron chi connectivity index (χ4n) is 2.18. The Balaban J connectivity index is 2.27. The van der Waals surface area contributed by atoms with E-state index in [1.54, 1.807) is 0 Å². The third-order valence-corrected chi connectivity index (χ3v) is 3.09. The van der Waals surface area contributed by atoms with Gasteiger partial charge in [-0.05, 0) is 30.4 Å². The molecule has 1 saturated carbocycles. The average Bonchev–Trinajstić information content (AvgIpc) is 2.15. The van der Waals surface area contributed by atoms with Crippen molar-refractivity contribution in [3.63, 3.8) is 0 Å². The van der Waals surface area contributed by atoms with Gasteiger partial charge in [0.05, 0.1) is 0 Å². The Morgan fingerprint density at radius 1 is 1.27 bits per heavy atom. The van der Waals surface area contributed by atoms with Crippen molar-refractivity contribution in [3.05, 3.63) is 0 Å². The van der Waals surface area contributed by atoms with Gasteiger partial charge in [0.15, 0.2) is 0 Å². The first kappa shape index (κ1) is 9.44. The molecule has 1 aliphatic rings. The van der Waals surface area contributed by atoms with E-state index in [-0.39, 0.29) is 0 Å². The molecule has 0 spiro atoms. The molecule has 0 aromatic carbocycles. The van der Waals surface area contributed by atoms with Crippen LogP contribution < -0.4 is 0 Å². The average molecular weight is 172 g/mol. The first-order valence-corrected chi connectivity index (χ1v) is 5.57. The lowest BCUT2D eigenvalue weighted by Gasteiger charge is -2.15. The van der Waals surface area contributed by atoms with E-state index in [0.717, 1.165) is 17.6 Å². The second kappa shape index (κ2) is 5.08. The minimum Gasteiger partial charge on any atom is -0.179 e. The molecule has 0 aromatic heterocycles. The van der Waals surface area contributed by atoms with Crippen LogP contribution in [0.1, 0.15) is 45.4 Å². The molecule has 0 saturated heterocycles. The Morgan fingerprint density at radius 3 is 2.73 bits per heavy atom. The van der Waals surface area contributed by atoms with Crippen molar-refractivity contribution in [2.45, 2.75) is 45.4 Å². The van der Waals surface area contributed by atoms with Crippen LogP contribution in [-0.2, 0) is 0 Å². The van der Waals surface area contributed by atoms with E-state index in [4.69, 9.17) is 0 Å². The molecular formula is C10H20S. The normalized spacial score (nSPS) is 33.3. The van der Waals surface area contributed by atoms with E-state index in [1.165, 1.54) is 38.5 Å². The van der Waals surface area contributed by atoms with Crippen LogP contribution in [0.4, 0.5) is 0 Å². The topological polar surface area (TPSA) is 0 Å². The highest BCUT2D eigenvalue weighted by Gasteiger charge is 2.15. The van der Waals surface area contributed by atoms with Crippen molar-refractivity contribution in [2.75, 3.05) is 5.75 Å². The number of thiol groups is 1. The van der Waals surface area contributed by atoms with Gasteiger partial charge in [-0.25, -0.2) is 0 Å². The summed E-state index contributed by atoms with van der Waals surface area (Å²) in [4.78, 5) is 0. The van der Waals surface area contributed by atoms with E-state index < -0.39 is 0 Å². The maximum Gasteiger partial charge on any atom is -0.00953 e. The second-order valence-electron chi connectivity index (χ2n) is 4.00. The molecule has 0 nitrogen and oxygen atoms in total. The van der Waals surface area contributed by atoms with Gasteiger partial charge in [-0.2, -0.15) is 12.6 Å². The number of hydrogen-bond acceptors (Lipinski definition) is 1. The van der Waals surface area contributed by atoms with Gasteiger partial charge in [-0.1, -0.05) is 32.6 Å². The Morgan fingerprint density at radius 2 is 2.00 bits per heavy atom. The van der Waals surface area contributed by atoms with Gasteiger partial charge in [-0.3, -0.25) is 0 Å². The predicted molar refractivity (Wildman–Crippen MR) is 54.2 cm³/mol. The molecule has 11 heavy (non-hydrogen) atoms. The third kappa shape index (κ3) is 3.50. The molecule has 1 heteroatoms. The zero-order valence-electron chi connectivity index (χ0n) is 7.55. The third-order valence-electron chi connectivity index (χ3n) is 2.83. The van der Waals surface area contributed by atoms with E-state index >= 15 is 0 Å². The fourth-order valence-corrected chi connectivity index (χ4v) is 2.54. The summed E-state index contributed by atoms with van der Waals surface area (Å²) in [6.45, 7) is 2.40. The highest BCUT2D eigenvalue weighted by molar-refractivity contribution is 7.80. The van der Waals surface area contributed by atoms with Crippen molar-refractivity contribution in [3.8, 4) is 0 Å². The molecule has 0 N–H and O–H groups in total. The van der Waals surface area contributed by atoms with E-state index in [2.05, 4.69) is 19.6 Å². The molecule has 2 unspecified atom stereocenters. The maximum atomic E-state index is 4.30. The van der Waals surface area contributed by atoms with E-state index in [1.807, 2.05) is 0 Å². The van der Waals surface area contributed by atoms with E-state index in [9.17, 15) is 0 Å². The summed E-state index contributed by atoms with van der Waals surface area (Å²) >= 11 is 4.30. The van der Waals surface area contributed by atoms with Gasteiger partial charge in [-0.15, -0.1) is 0 Å². The van der Waals surface area contributed by atoms with Crippen LogP contribution in [-0.4, -0.2) is 5.75 Å².